The second-order valence-corrected chi connectivity index (χ2v) is 20.8. The molecule has 1 aliphatic rings. The van der Waals surface area contributed by atoms with E-state index >= 15 is 0 Å². The lowest BCUT2D eigenvalue weighted by Gasteiger charge is -2.42. The molecule has 0 bridgehead atoms. The Balaban J connectivity index is 1.58. The molecule has 0 spiro atoms. The second kappa shape index (κ2) is 14.3. The first-order valence-electron chi connectivity index (χ1n) is 17.4. The molecular formula is C37H52N8O3Si. The highest BCUT2D eigenvalue weighted by molar-refractivity contribution is 6.81. The average molecular weight is 685 g/mol. The third-order valence-electron chi connectivity index (χ3n) is 9.71. The van der Waals surface area contributed by atoms with E-state index in [1.165, 1.54) is 0 Å². The number of pyridine rings is 1. The van der Waals surface area contributed by atoms with Crippen molar-refractivity contribution in [3.05, 3.63) is 66.6 Å². The molecule has 262 valence electrons. The molecule has 1 atom stereocenters. The summed E-state index contributed by atoms with van der Waals surface area (Å²) < 4.78 is 9.66. The Morgan fingerprint density at radius 2 is 1.63 bits per heavy atom. The van der Waals surface area contributed by atoms with Crippen LogP contribution in [0.3, 0.4) is 0 Å². The molecule has 4 heterocycles. The molecule has 11 nitrogen and oxygen atoms in total. The fourth-order valence-electron chi connectivity index (χ4n) is 7.76. The van der Waals surface area contributed by atoms with Crippen molar-refractivity contribution in [2.75, 3.05) is 18.0 Å². The zero-order valence-corrected chi connectivity index (χ0v) is 31.7. The van der Waals surface area contributed by atoms with Gasteiger partial charge in [0.05, 0.1) is 17.9 Å². The molecule has 0 N–H and O–H groups in total. The molecule has 0 aliphatic carbocycles. The molecule has 5 rings (SSSR count). The lowest BCUT2D eigenvalue weighted by molar-refractivity contribution is 0.0196. The Hall–Kier alpha value is -4.32. The van der Waals surface area contributed by atoms with Crippen LogP contribution in [0.4, 0.5) is 10.6 Å². The van der Waals surface area contributed by atoms with Crippen LogP contribution < -0.4 is 4.90 Å². The summed E-state index contributed by atoms with van der Waals surface area (Å²) in [7, 11) is -0.284. The maximum Gasteiger partial charge on any atom is 0.410 e. The van der Waals surface area contributed by atoms with E-state index in [4.69, 9.17) is 14.8 Å². The Kier molecular flexibility index (Phi) is 10.5. The highest BCUT2D eigenvalue weighted by atomic mass is 28.3. The largest absolute Gasteiger partial charge is 0.444 e. The van der Waals surface area contributed by atoms with E-state index in [9.17, 15) is 9.59 Å². The first-order valence-corrected chi connectivity index (χ1v) is 19.6. The molecule has 1 fully saturated rings. The topological polar surface area (TPSA) is 111 Å². The van der Waals surface area contributed by atoms with E-state index in [-0.39, 0.29) is 18.0 Å². The summed E-state index contributed by atoms with van der Waals surface area (Å²) in [5.74, 6) is 0.328. The van der Waals surface area contributed by atoms with Gasteiger partial charge in [-0.3, -0.25) is 18.7 Å². The number of anilines is 1. The Labute approximate surface area is 291 Å². The van der Waals surface area contributed by atoms with Crippen molar-refractivity contribution < 1.29 is 14.3 Å². The van der Waals surface area contributed by atoms with Crippen LogP contribution in [0.1, 0.15) is 85.5 Å². The number of benzene rings is 1. The summed E-state index contributed by atoms with van der Waals surface area (Å²) >= 11 is 0. The molecule has 3 aromatic heterocycles. The molecule has 1 aliphatic heterocycles. The van der Waals surface area contributed by atoms with Gasteiger partial charge in [-0.25, -0.2) is 9.78 Å². The van der Waals surface area contributed by atoms with Crippen molar-refractivity contribution in [3.8, 4) is 22.5 Å². The standard InChI is InChI=1S/C37H52N8O3Si/c1-25(2)49(26(3)4,27(5)6)44-22-19-32(40-44)31-14-11-20-38-34(31)45(30-13-12-21-43(23-30)36(47)48-37(7,8)9)35(46)29-17-15-28(16-18-29)33-24-42(10)41-39-33/h11,14-20,22,24-27,30H,12-13,21,23H2,1-10H3/t30-/m1/s1. The summed E-state index contributed by atoms with van der Waals surface area (Å²) in [6.45, 7) is 20.4. The molecule has 4 aromatic rings. The van der Waals surface area contributed by atoms with Gasteiger partial charge in [-0.1, -0.05) is 58.9 Å². The number of amides is 2. The second-order valence-electron chi connectivity index (χ2n) is 15.1. The zero-order valence-electron chi connectivity index (χ0n) is 30.7. The Bertz CT molecular complexity index is 1730. The summed E-state index contributed by atoms with van der Waals surface area (Å²) in [6, 6.07) is 13.0. The van der Waals surface area contributed by atoms with Crippen molar-refractivity contribution in [2.24, 2.45) is 7.05 Å². The summed E-state index contributed by atoms with van der Waals surface area (Å²) in [5, 5.41) is 13.5. The molecule has 1 saturated heterocycles. The molecule has 2 amide bonds. The minimum absolute atomic E-state index is 0.198. The number of hydrogen-bond acceptors (Lipinski definition) is 7. The monoisotopic (exact) mass is 684 g/mol. The van der Waals surface area contributed by atoms with E-state index in [1.54, 1.807) is 20.7 Å². The first-order chi connectivity index (χ1) is 23.1. The van der Waals surface area contributed by atoms with Gasteiger partial charge in [-0.05, 0) is 80.6 Å². The number of likely N-dealkylation sites (tertiary alicyclic amines) is 1. The molecule has 0 radical (unpaired) electrons. The highest BCUT2D eigenvalue weighted by Crippen LogP contribution is 2.43. The van der Waals surface area contributed by atoms with E-state index in [0.29, 0.717) is 47.5 Å². The van der Waals surface area contributed by atoms with Crippen LogP contribution in [-0.4, -0.2) is 79.3 Å². The summed E-state index contributed by atoms with van der Waals surface area (Å²) in [6.07, 6.45) is 6.73. The first kappa shape index (κ1) is 36.0. The number of hydrogen-bond donors (Lipinski definition) is 0. The van der Waals surface area contributed by atoms with E-state index in [0.717, 1.165) is 28.9 Å². The molecule has 0 saturated carbocycles. The van der Waals surface area contributed by atoms with Crippen LogP contribution in [0.5, 0.6) is 0 Å². The average Bonchev–Trinajstić information content (AvgIpc) is 3.70. The van der Waals surface area contributed by atoms with Crippen LogP contribution in [0.15, 0.2) is 61.1 Å². The van der Waals surface area contributed by atoms with Crippen molar-refractivity contribution in [1.82, 2.24) is 34.3 Å². The number of aryl methyl sites for hydroxylation is 1. The SMILES string of the molecule is CC(C)[Si](C(C)C)(C(C)C)n1ccc(-c2cccnc2N(C(=O)c2ccc(-c3cn(C)nn3)cc2)[C@@H]2CCCN(C(=O)OC(C)(C)C)C2)n1. The van der Waals surface area contributed by atoms with Gasteiger partial charge in [0.1, 0.15) is 17.1 Å². The Morgan fingerprint density at radius 1 is 0.959 bits per heavy atom. The van der Waals surface area contributed by atoms with Crippen LogP contribution in [0.2, 0.25) is 16.6 Å². The fraction of sp³-hybridized carbons (Fsp3) is 0.514. The molecular weight excluding hydrogens is 633 g/mol. The highest BCUT2D eigenvalue weighted by Gasteiger charge is 2.46. The third kappa shape index (κ3) is 7.34. The molecule has 1 aromatic carbocycles. The summed E-state index contributed by atoms with van der Waals surface area (Å²) in [4.78, 5) is 36.3. The maximum absolute atomic E-state index is 14.7. The van der Waals surface area contributed by atoms with Crippen molar-refractivity contribution in [3.63, 3.8) is 0 Å². The van der Waals surface area contributed by atoms with Crippen LogP contribution >= 0.6 is 0 Å². The van der Waals surface area contributed by atoms with Gasteiger partial charge in [-0.2, -0.15) is 5.10 Å². The number of nitrogens with zero attached hydrogens (tertiary/aromatic N) is 8. The van der Waals surface area contributed by atoms with E-state index in [2.05, 4.69) is 68.5 Å². The van der Waals surface area contributed by atoms with Gasteiger partial charge in [0, 0.05) is 49.2 Å². The van der Waals surface area contributed by atoms with Gasteiger partial charge in [0.25, 0.3) is 5.91 Å². The lowest BCUT2D eigenvalue weighted by atomic mass is 10.0. The smallest absolute Gasteiger partial charge is 0.410 e. The normalized spacial score (nSPS) is 15.7. The third-order valence-corrected chi connectivity index (χ3v) is 16.3. The minimum Gasteiger partial charge on any atom is -0.444 e. The van der Waals surface area contributed by atoms with Crippen LogP contribution in [0.25, 0.3) is 22.5 Å². The predicted molar refractivity (Wildman–Crippen MR) is 196 cm³/mol. The van der Waals surface area contributed by atoms with Crippen LogP contribution in [-0.2, 0) is 11.8 Å². The lowest BCUT2D eigenvalue weighted by Crippen LogP contribution is -2.53. The van der Waals surface area contributed by atoms with Crippen molar-refractivity contribution in [1.29, 1.82) is 0 Å². The van der Waals surface area contributed by atoms with Gasteiger partial charge >= 0.3 is 6.09 Å². The minimum atomic E-state index is -2.11. The zero-order chi connectivity index (χ0) is 35.7. The van der Waals surface area contributed by atoms with E-state index < -0.39 is 13.8 Å². The number of aromatic nitrogens is 6. The predicted octanol–water partition coefficient (Wildman–Crippen LogP) is 7.81. The van der Waals surface area contributed by atoms with Gasteiger partial charge in [0.15, 0.2) is 8.24 Å². The van der Waals surface area contributed by atoms with Crippen molar-refractivity contribution in [2.45, 2.75) is 103 Å². The number of rotatable bonds is 9. The van der Waals surface area contributed by atoms with Crippen molar-refractivity contribution >= 4 is 26.1 Å². The molecule has 49 heavy (non-hydrogen) atoms. The van der Waals surface area contributed by atoms with Gasteiger partial charge < -0.3 is 9.64 Å². The van der Waals surface area contributed by atoms with Crippen LogP contribution in [0, 0.1) is 0 Å². The quantitative estimate of drug-likeness (QED) is 0.165. The Morgan fingerprint density at radius 3 is 2.22 bits per heavy atom. The molecule has 0 unspecified atom stereocenters. The number of ether oxygens (including phenoxy) is 1. The molecule has 12 heteroatoms. The van der Waals surface area contributed by atoms with Gasteiger partial charge in [-0.15, -0.1) is 5.10 Å². The summed E-state index contributed by atoms with van der Waals surface area (Å²) in [5.41, 5.74) is 4.43. The number of carbonyl (C=O) groups excluding carboxylic acids is 2. The van der Waals surface area contributed by atoms with E-state index in [1.807, 2.05) is 70.4 Å². The number of carbonyl (C=O) groups is 2. The maximum atomic E-state index is 14.7. The van der Waals surface area contributed by atoms with Gasteiger partial charge in [0.2, 0.25) is 0 Å². The fourth-order valence-corrected chi connectivity index (χ4v) is 14.0. The number of piperidine rings is 1.